The Kier molecular flexibility index (Phi) is 2.83. The van der Waals surface area contributed by atoms with E-state index >= 15 is 0 Å². The number of thiazole rings is 1. The first-order chi connectivity index (χ1) is 6.66. The number of alkyl halides is 1. The highest BCUT2D eigenvalue weighted by molar-refractivity contribution is 7.09. The van der Waals surface area contributed by atoms with Crippen LogP contribution in [0.25, 0.3) is 0 Å². The molecule has 1 aromatic rings. The maximum absolute atomic E-state index is 13.7. The molecule has 0 amide bonds. The molecule has 0 saturated carbocycles. The standard InChI is InChI=1S/C10H15FN2S/c1-10(11)3-2-4-13(7-10)6-9-5-12-8-14-9/h5,8H,2-4,6-7H2,1H3. The van der Waals surface area contributed by atoms with Gasteiger partial charge in [0.2, 0.25) is 0 Å². The van der Waals surface area contributed by atoms with Crippen LogP contribution in [0.1, 0.15) is 24.6 Å². The summed E-state index contributed by atoms with van der Waals surface area (Å²) < 4.78 is 13.7. The smallest absolute Gasteiger partial charge is 0.120 e. The topological polar surface area (TPSA) is 16.1 Å². The predicted molar refractivity (Wildman–Crippen MR) is 56.1 cm³/mol. The molecular formula is C10H15FN2S. The second kappa shape index (κ2) is 3.95. The van der Waals surface area contributed by atoms with Crippen molar-refractivity contribution in [2.75, 3.05) is 13.1 Å². The number of likely N-dealkylation sites (tertiary alicyclic amines) is 1. The Balaban J connectivity index is 1.92. The minimum atomic E-state index is -0.997. The van der Waals surface area contributed by atoms with E-state index in [0.29, 0.717) is 13.0 Å². The van der Waals surface area contributed by atoms with Crippen molar-refractivity contribution in [3.05, 3.63) is 16.6 Å². The summed E-state index contributed by atoms with van der Waals surface area (Å²) in [5, 5.41) is 0. The summed E-state index contributed by atoms with van der Waals surface area (Å²) in [6.45, 7) is 4.12. The number of rotatable bonds is 2. The van der Waals surface area contributed by atoms with Gasteiger partial charge in [0.15, 0.2) is 0 Å². The van der Waals surface area contributed by atoms with E-state index in [2.05, 4.69) is 9.88 Å². The zero-order valence-electron chi connectivity index (χ0n) is 8.37. The van der Waals surface area contributed by atoms with Gasteiger partial charge in [0.05, 0.1) is 5.51 Å². The molecule has 0 spiro atoms. The average molecular weight is 214 g/mol. The molecule has 1 atom stereocenters. The van der Waals surface area contributed by atoms with Crippen molar-refractivity contribution in [1.29, 1.82) is 0 Å². The van der Waals surface area contributed by atoms with Crippen LogP contribution in [-0.2, 0) is 6.54 Å². The van der Waals surface area contributed by atoms with E-state index in [0.717, 1.165) is 19.5 Å². The summed E-state index contributed by atoms with van der Waals surface area (Å²) in [6.07, 6.45) is 3.53. The zero-order valence-corrected chi connectivity index (χ0v) is 9.19. The molecular weight excluding hydrogens is 199 g/mol. The highest BCUT2D eigenvalue weighted by Gasteiger charge is 2.30. The second-order valence-electron chi connectivity index (χ2n) is 4.20. The van der Waals surface area contributed by atoms with Crippen LogP contribution in [0.4, 0.5) is 4.39 Å². The van der Waals surface area contributed by atoms with E-state index in [4.69, 9.17) is 0 Å². The molecule has 0 aromatic carbocycles. The molecule has 0 radical (unpaired) electrons. The molecule has 2 rings (SSSR count). The fourth-order valence-corrected chi connectivity index (χ4v) is 2.61. The molecule has 0 bridgehead atoms. The van der Waals surface area contributed by atoms with Gasteiger partial charge in [-0.15, -0.1) is 11.3 Å². The van der Waals surface area contributed by atoms with Crippen molar-refractivity contribution in [2.24, 2.45) is 0 Å². The van der Waals surface area contributed by atoms with E-state index in [9.17, 15) is 4.39 Å². The maximum Gasteiger partial charge on any atom is 0.120 e. The summed E-state index contributed by atoms with van der Waals surface area (Å²) >= 11 is 1.64. The van der Waals surface area contributed by atoms with Gasteiger partial charge in [0.25, 0.3) is 0 Å². The number of nitrogens with zero attached hydrogens (tertiary/aromatic N) is 2. The molecule has 1 aliphatic heterocycles. The maximum atomic E-state index is 13.7. The normalized spacial score (nSPS) is 29.3. The lowest BCUT2D eigenvalue weighted by Gasteiger charge is -2.34. The van der Waals surface area contributed by atoms with Gasteiger partial charge in [-0.1, -0.05) is 0 Å². The third kappa shape index (κ3) is 2.51. The van der Waals surface area contributed by atoms with Gasteiger partial charge in [0.1, 0.15) is 5.67 Å². The fraction of sp³-hybridized carbons (Fsp3) is 0.700. The van der Waals surface area contributed by atoms with Crippen LogP contribution >= 0.6 is 11.3 Å². The Morgan fingerprint density at radius 1 is 1.71 bits per heavy atom. The Labute approximate surface area is 87.8 Å². The SMILES string of the molecule is CC1(F)CCCN(Cc2cncs2)C1. The molecule has 2 heterocycles. The Morgan fingerprint density at radius 3 is 3.21 bits per heavy atom. The van der Waals surface area contributed by atoms with Crippen molar-refractivity contribution in [3.63, 3.8) is 0 Å². The Morgan fingerprint density at radius 2 is 2.57 bits per heavy atom. The van der Waals surface area contributed by atoms with Crippen molar-refractivity contribution in [1.82, 2.24) is 9.88 Å². The fourth-order valence-electron chi connectivity index (χ4n) is 1.97. The predicted octanol–water partition coefficient (Wildman–Crippen LogP) is 2.47. The van der Waals surface area contributed by atoms with Gasteiger partial charge in [-0.2, -0.15) is 0 Å². The summed E-state index contributed by atoms with van der Waals surface area (Å²) in [4.78, 5) is 7.42. The summed E-state index contributed by atoms with van der Waals surface area (Å²) in [5.41, 5.74) is 0.830. The van der Waals surface area contributed by atoms with Crippen LogP contribution in [0.5, 0.6) is 0 Å². The van der Waals surface area contributed by atoms with Crippen LogP contribution in [0, 0.1) is 0 Å². The third-order valence-corrected chi connectivity index (χ3v) is 3.35. The van der Waals surface area contributed by atoms with E-state index in [-0.39, 0.29) is 0 Å². The molecule has 2 nitrogen and oxygen atoms in total. The average Bonchev–Trinajstić information content (AvgIpc) is 2.54. The molecule has 1 fully saturated rings. The summed E-state index contributed by atoms with van der Waals surface area (Å²) in [6, 6.07) is 0. The van der Waals surface area contributed by atoms with Crippen LogP contribution in [0.3, 0.4) is 0 Å². The number of hydrogen-bond acceptors (Lipinski definition) is 3. The van der Waals surface area contributed by atoms with Crippen LogP contribution in [0.15, 0.2) is 11.7 Å². The molecule has 78 valence electrons. The number of piperidine rings is 1. The third-order valence-electron chi connectivity index (χ3n) is 2.59. The molecule has 1 saturated heterocycles. The second-order valence-corrected chi connectivity index (χ2v) is 5.17. The van der Waals surface area contributed by atoms with Crippen LogP contribution in [-0.4, -0.2) is 28.6 Å². The van der Waals surface area contributed by atoms with Gasteiger partial charge >= 0.3 is 0 Å². The number of aromatic nitrogens is 1. The molecule has 4 heteroatoms. The lowest BCUT2D eigenvalue weighted by molar-refractivity contribution is 0.0568. The van der Waals surface area contributed by atoms with Crippen molar-refractivity contribution in [3.8, 4) is 0 Å². The van der Waals surface area contributed by atoms with Gasteiger partial charge in [0, 0.05) is 24.2 Å². The summed E-state index contributed by atoms with van der Waals surface area (Å²) in [5.74, 6) is 0. The first-order valence-electron chi connectivity index (χ1n) is 4.94. The Bertz CT molecular complexity index is 284. The molecule has 14 heavy (non-hydrogen) atoms. The Hall–Kier alpha value is -0.480. The first-order valence-corrected chi connectivity index (χ1v) is 5.82. The highest BCUT2D eigenvalue weighted by Crippen LogP contribution is 2.25. The largest absolute Gasteiger partial charge is 0.295 e. The molecule has 0 N–H and O–H groups in total. The quantitative estimate of drug-likeness (QED) is 0.752. The lowest BCUT2D eigenvalue weighted by Crippen LogP contribution is -2.42. The van der Waals surface area contributed by atoms with E-state index in [1.165, 1.54) is 4.88 Å². The number of halogens is 1. The van der Waals surface area contributed by atoms with Gasteiger partial charge in [-0.3, -0.25) is 9.88 Å². The first kappa shape index (κ1) is 10.1. The van der Waals surface area contributed by atoms with Gasteiger partial charge in [-0.05, 0) is 26.3 Å². The van der Waals surface area contributed by atoms with E-state index in [1.54, 1.807) is 18.3 Å². The van der Waals surface area contributed by atoms with Gasteiger partial charge in [-0.25, -0.2) is 4.39 Å². The molecule has 1 aromatic heterocycles. The van der Waals surface area contributed by atoms with E-state index in [1.807, 2.05) is 11.7 Å². The monoisotopic (exact) mass is 214 g/mol. The van der Waals surface area contributed by atoms with Crippen LogP contribution in [0.2, 0.25) is 0 Å². The number of hydrogen-bond donors (Lipinski definition) is 0. The summed E-state index contributed by atoms with van der Waals surface area (Å²) in [7, 11) is 0. The lowest BCUT2D eigenvalue weighted by atomic mass is 9.97. The zero-order chi connectivity index (χ0) is 10.0. The van der Waals surface area contributed by atoms with Crippen molar-refractivity contribution < 1.29 is 4.39 Å². The van der Waals surface area contributed by atoms with Crippen molar-refractivity contribution >= 4 is 11.3 Å². The minimum Gasteiger partial charge on any atom is -0.295 e. The molecule has 1 unspecified atom stereocenters. The van der Waals surface area contributed by atoms with E-state index < -0.39 is 5.67 Å². The van der Waals surface area contributed by atoms with Gasteiger partial charge < -0.3 is 0 Å². The minimum absolute atomic E-state index is 0.560. The molecule has 0 aliphatic carbocycles. The highest BCUT2D eigenvalue weighted by atomic mass is 32.1. The molecule has 1 aliphatic rings. The van der Waals surface area contributed by atoms with Crippen molar-refractivity contribution in [2.45, 2.75) is 32.0 Å². The van der Waals surface area contributed by atoms with Crippen LogP contribution < -0.4 is 0 Å².